The van der Waals surface area contributed by atoms with E-state index in [4.69, 9.17) is 15.1 Å². The van der Waals surface area contributed by atoms with Crippen LogP contribution in [0.1, 0.15) is 18.9 Å². The van der Waals surface area contributed by atoms with Crippen molar-refractivity contribution in [3.05, 3.63) is 29.8 Å². The Morgan fingerprint density at radius 2 is 2.11 bits per heavy atom. The van der Waals surface area contributed by atoms with Crippen LogP contribution in [0.4, 0.5) is 0 Å². The fraction of sp³-hybridized carbons (Fsp3) is 0.500. The van der Waals surface area contributed by atoms with Gasteiger partial charge in [-0.05, 0) is 32.0 Å². The van der Waals surface area contributed by atoms with Gasteiger partial charge in [0, 0.05) is 6.54 Å². The van der Waals surface area contributed by atoms with Crippen molar-refractivity contribution in [2.45, 2.75) is 25.6 Å². The lowest BCUT2D eigenvalue weighted by Crippen LogP contribution is -2.32. The third-order valence-corrected chi connectivity index (χ3v) is 2.56. The Morgan fingerprint density at radius 3 is 2.79 bits per heavy atom. The zero-order valence-electron chi connectivity index (χ0n) is 11.0. The minimum Gasteiger partial charge on any atom is -0.489 e. The monoisotopic (exact) mass is 264 g/mol. The molecule has 0 aliphatic heterocycles. The summed E-state index contributed by atoms with van der Waals surface area (Å²) in [5, 5.41) is 30.7. The molecule has 1 aromatic carbocycles. The van der Waals surface area contributed by atoms with E-state index in [1.54, 1.807) is 31.2 Å². The highest BCUT2D eigenvalue weighted by atomic mass is 16.5. The van der Waals surface area contributed by atoms with Crippen molar-refractivity contribution in [1.29, 1.82) is 5.26 Å². The summed E-state index contributed by atoms with van der Waals surface area (Å²) >= 11 is 0. The second kappa shape index (κ2) is 8.48. The summed E-state index contributed by atoms with van der Waals surface area (Å²) in [7, 11) is 0. The smallest absolute Gasteiger partial charge is 0.137 e. The van der Waals surface area contributed by atoms with Gasteiger partial charge in [-0.2, -0.15) is 5.26 Å². The molecule has 0 heterocycles. The Kier molecular flexibility index (Phi) is 6.90. The molecule has 0 aliphatic rings. The van der Waals surface area contributed by atoms with Crippen LogP contribution in [0.2, 0.25) is 0 Å². The molecule has 0 bridgehead atoms. The maximum Gasteiger partial charge on any atom is 0.137 e. The van der Waals surface area contributed by atoms with E-state index >= 15 is 0 Å². The van der Waals surface area contributed by atoms with Crippen LogP contribution in [0.25, 0.3) is 0 Å². The van der Waals surface area contributed by atoms with E-state index in [-0.39, 0.29) is 12.7 Å². The van der Waals surface area contributed by atoms with E-state index < -0.39 is 6.10 Å². The third-order valence-electron chi connectivity index (χ3n) is 2.56. The Morgan fingerprint density at radius 1 is 1.37 bits per heavy atom. The number of nitrogens with one attached hydrogen (secondary N) is 1. The van der Waals surface area contributed by atoms with E-state index in [9.17, 15) is 5.11 Å². The molecule has 0 spiro atoms. The highest BCUT2D eigenvalue weighted by Gasteiger charge is 2.07. The number of hydrogen-bond donors (Lipinski definition) is 3. The zero-order chi connectivity index (χ0) is 14.1. The lowest BCUT2D eigenvalue weighted by Gasteiger charge is -2.14. The average molecular weight is 264 g/mol. The SMILES string of the molecule is CC(O)CCNCC(O)COc1ccccc1C#N. The molecule has 2 unspecified atom stereocenters. The number of aliphatic hydroxyl groups is 2. The van der Waals surface area contributed by atoms with Crippen LogP contribution in [-0.4, -0.2) is 42.1 Å². The predicted octanol–water partition coefficient (Wildman–Crippen LogP) is 0.658. The van der Waals surface area contributed by atoms with Gasteiger partial charge in [0.1, 0.15) is 24.5 Å². The van der Waals surface area contributed by atoms with Gasteiger partial charge in [-0.1, -0.05) is 12.1 Å². The molecule has 0 saturated carbocycles. The first-order valence-electron chi connectivity index (χ1n) is 6.32. The molecule has 104 valence electrons. The highest BCUT2D eigenvalue weighted by molar-refractivity contribution is 5.42. The fourth-order valence-corrected chi connectivity index (χ4v) is 1.51. The lowest BCUT2D eigenvalue weighted by atomic mass is 10.2. The summed E-state index contributed by atoms with van der Waals surface area (Å²) in [4.78, 5) is 0. The van der Waals surface area contributed by atoms with E-state index in [0.29, 0.717) is 30.8 Å². The van der Waals surface area contributed by atoms with Gasteiger partial charge < -0.3 is 20.3 Å². The molecule has 5 nitrogen and oxygen atoms in total. The van der Waals surface area contributed by atoms with Gasteiger partial charge in [0.05, 0.1) is 11.7 Å². The van der Waals surface area contributed by atoms with Crippen LogP contribution < -0.4 is 10.1 Å². The lowest BCUT2D eigenvalue weighted by molar-refractivity contribution is 0.104. The van der Waals surface area contributed by atoms with E-state index in [2.05, 4.69) is 5.32 Å². The molecule has 2 atom stereocenters. The van der Waals surface area contributed by atoms with Gasteiger partial charge in [-0.15, -0.1) is 0 Å². The minimum atomic E-state index is -0.652. The van der Waals surface area contributed by atoms with E-state index in [1.807, 2.05) is 6.07 Å². The van der Waals surface area contributed by atoms with Crippen LogP contribution in [0.3, 0.4) is 0 Å². The molecule has 0 aliphatic carbocycles. The fourth-order valence-electron chi connectivity index (χ4n) is 1.51. The molecule has 0 radical (unpaired) electrons. The molecule has 5 heteroatoms. The van der Waals surface area contributed by atoms with Crippen molar-refractivity contribution in [2.75, 3.05) is 19.7 Å². The maximum absolute atomic E-state index is 9.71. The second-order valence-electron chi connectivity index (χ2n) is 4.41. The highest BCUT2D eigenvalue weighted by Crippen LogP contribution is 2.16. The number of rotatable bonds is 8. The number of para-hydroxylation sites is 1. The van der Waals surface area contributed by atoms with Gasteiger partial charge in [0.2, 0.25) is 0 Å². The van der Waals surface area contributed by atoms with Crippen molar-refractivity contribution >= 4 is 0 Å². The van der Waals surface area contributed by atoms with E-state index in [1.165, 1.54) is 0 Å². The minimum absolute atomic E-state index is 0.125. The normalized spacial score (nSPS) is 13.6. The van der Waals surface area contributed by atoms with Gasteiger partial charge in [0.25, 0.3) is 0 Å². The molecule has 19 heavy (non-hydrogen) atoms. The topological polar surface area (TPSA) is 85.5 Å². The zero-order valence-corrected chi connectivity index (χ0v) is 11.0. The van der Waals surface area contributed by atoms with E-state index in [0.717, 1.165) is 0 Å². The Labute approximate surface area is 113 Å². The molecular weight excluding hydrogens is 244 g/mol. The van der Waals surface area contributed by atoms with Crippen molar-refractivity contribution in [3.8, 4) is 11.8 Å². The molecule has 1 rings (SSSR count). The standard InChI is InChI=1S/C14H20N2O3/c1-11(17)6-7-16-9-13(18)10-19-14-5-3-2-4-12(14)8-15/h2-5,11,13,16-18H,6-7,9-10H2,1H3. The summed E-state index contributed by atoms with van der Waals surface area (Å²) in [6.07, 6.45) is -0.352. The number of aliphatic hydroxyl groups excluding tert-OH is 2. The van der Waals surface area contributed by atoms with Crippen LogP contribution in [0, 0.1) is 11.3 Å². The van der Waals surface area contributed by atoms with Crippen LogP contribution in [0.5, 0.6) is 5.75 Å². The summed E-state index contributed by atoms with van der Waals surface area (Å²) in [5.41, 5.74) is 0.455. The molecule has 0 amide bonds. The molecule has 1 aromatic rings. The quantitative estimate of drug-likeness (QED) is 0.601. The third kappa shape index (κ3) is 6.20. The Hall–Kier alpha value is -1.61. The summed E-state index contributed by atoms with van der Waals surface area (Å²) < 4.78 is 5.41. The average Bonchev–Trinajstić information content (AvgIpc) is 2.41. The van der Waals surface area contributed by atoms with Gasteiger partial charge in [-0.3, -0.25) is 0 Å². The molecule has 0 aromatic heterocycles. The largest absolute Gasteiger partial charge is 0.489 e. The Balaban J connectivity index is 2.26. The number of benzene rings is 1. The number of nitriles is 1. The first-order valence-corrected chi connectivity index (χ1v) is 6.32. The van der Waals surface area contributed by atoms with Gasteiger partial charge >= 0.3 is 0 Å². The summed E-state index contributed by atoms with van der Waals surface area (Å²) in [6, 6.07) is 8.95. The second-order valence-corrected chi connectivity index (χ2v) is 4.41. The van der Waals surface area contributed by atoms with Crippen molar-refractivity contribution in [2.24, 2.45) is 0 Å². The first kappa shape index (κ1) is 15.4. The van der Waals surface area contributed by atoms with Gasteiger partial charge in [0.15, 0.2) is 0 Å². The maximum atomic E-state index is 9.71. The molecule has 0 saturated heterocycles. The first-order chi connectivity index (χ1) is 9.13. The van der Waals surface area contributed by atoms with Crippen LogP contribution in [0.15, 0.2) is 24.3 Å². The van der Waals surface area contributed by atoms with Crippen LogP contribution >= 0.6 is 0 Å². The van der Waals surface area contributed by atoms with Gasteiger partial charge in [-0.25, -0.2) is 0 Å². The summed E-state index contributed by atoms with van der Waals surface area (Å²) in [6.45, 7) is 2.88. The van der Waals surface area contributed by atoms with Crippen molar-refractivity contribution < 1.29 is 14.9 Å². The number of ether oxygens (including phenoxy) is 1. The molecule has 0 fully saturated rings. The number of nitrogens with zero attached hydrogens (tertiary/aromatic N) is 1. The summed E-state index contributed by atoms with van der Waals surface area (Å²) in [5.74, 6) is 0.480. The van der Waals surface area contributed by atoms with Crippen molar-refractivity contribution in [1.82, 2.24) is 5.32 Å². The van der Waals surface area contributed by atoms with Crippen molar-refractivity contribution in [3.63, 3.8) is 0 Å². The van der Waals surface area contributed by atoms with Crippen LogP contribution in [-0.2, 0) is 0 Å². The molecular formula is C14H20N2O3. The Bertz CT molecular complexity index is 415. The number of hydrogen-bond acceptors (Lipinski definition) is 5. The molecule has 3 N–H and O–H groups in total. The predicted molar refractivity (Wildman–Crippen MR) is 71.8 cm³/mol.